The first-order valence-corrected chi connectivity index (χ1v) is 6.08. The molecule has 18 heavy (non-hydrogen) atoms. The van der Waals surface area contributed by atoms with E-state index in [4.69, 9.17) is 0 Å². The van der Waals surface area contributed by atoms with Crippen molar-refractivity contribution in [3.8, 4) is 5.82 Å². The topological polar surface area (TPSA) is 72.9 Å². The lowest BCUT2D eigenvalue weighted by Crippen LogP contribution is -2.14. The molecule has 2 aromatic rings. The summed E-state index contributed by atoms with van der Waals surface area (Å²) < 4.78 is 3.39. The third-order valence-electron chi connectivity index (χ3n) is 3.39. The molecule has 0 spiro atoms. The van der Waals surface area contributed by atoms with E-state index in [9.17, 15) is 9.90 Å². The third kappa shape index (κ3) is 1.70. The van der Waals surface area contributed by atoms with Gasteiger partial charge in [-0.2, -0.15) is 10.2 Å². The van der Waals surface area contributed by atoms with Crippen LogP contribution in [0.5, 0.6) is 0 Å². The maximum atomic E-state index is 11.3. The molecule has 1 aliphatic rings. The molecule has 2 aromatic heterocycles. The van der Waals surface area contributed by atoms with Crippen LogP contribution in [-0.2, 0) is 0 Å². The van der Waals surface area contributed by atoms with Gasteiger partial charge in [0.25, 0.3) is 0 Å². The van der Waals surface area contributed by atoms with Gasteiger partial charge in [0, 0.05) is 12.4 Å². The number of carbonyl (C=O) groups is 1. The van der Waals surface area contributed by atoms with E-state index in [0.29, 0.717) is 5.82 Å². The average Bonchev–Trinajstić information content (AvgIpc) is 3.10. The standard InChI is InChI=1S/C12H14N4O2/c17-12(18)10-8-14-16(9-4-1-2-5-9)11(10)15-7-3-6-13-15/h3,6-9H,1-2,4-5H2,(H,17,18). The minimum absolute atomic E-state index is 0.200. The van der Waals surface area contributed by atoms with E-state index in [2.05, 4.69) is 10.2 Å². The summed E-state index contributed by atoms with van der Waals surface area (Å²) in [6.45, 7) is 0. The van der Waals surface area contributed by atoms with Crippen molar-refractivity contribution in [2.75, 3.05) is 0 Å². The first-order chi connectivity index (χ1) is 8.77. The number of hydrogen-bond donors (Lipinski definition) is 1. The van der Waals surface area contributed by atoms with Gasteiger partial charge in [-0.25, -0.2) is 14.2 Å². The van der Waals surface area contributed by atoms with Crippen LogP contribution >= 0.6 is 0 Å². The van der Waals surface area contributed by atoms with Crippen LogP contribution in [-0.4, -0.2) is 30.6 Å². The molecule has 0 bridgehead atoms. The van der Waals surface area contributed by atoms with E-state index in [0.717, 1.165) is 12.8 Å². The van der Waals surface area contributed by atoms with E-state index in [1.54, 1.807) is 23.1 Å². The Morgan fingerprint density at radius 2 is 2.11 bits per heavy atom. The summed E-state index contributed by atoms with van der Waals surface area (Å²) in [6, 6.07) is 2.06. The smallest absolute Gasteiger partial charge is 0.341 e. The lowest BCUT2D eigenvalue weighted by atomic mass is 10.2. The average molecular weight is 246 g/mol. The van der Waals surface area contributed by atoms with Gasteiger partial charge in [-0.15, -0.1) is 0 Å². The first kappa shape index (κ1) is 11.0. The molecule has 3 rings (SSSR count). The zero-order chi connectivity index (χ0) is 12.5. The van der Waals surface area contributed by atoms with Crippen LogP contribution in [0.4, 0.5) is 0 Å². The predicted molar refractivity (Wildman–Crippen MR) is 63.8 cm³/mol. The SMILES string of the molecule is O=C(O)c1cnn(C2CCCC2)c1-n1cccn1. The Morgan fingerprint density at radius 3 is 2.72 bits per heavy atom. The van der Waals surface area contributed by atoms with Crippen molar-refractivity contribution >= 4 is 5.97 Å². The molecular weight excluding hydrogens is 232 g/mol. The molecule has 1 saturated carbocycles. The van der Waals surface area contributed by atoms with E-state index in [1.807, 2.05) is 4.68 Å². The second kappa shape index (κ2) is 4.29. The largest absolute Gasteiger partial charge is 0.477 e. The number of carboxylic acids is 1. The number of rotatable bonds is 3. The molecule has 1 fully saturated rings. The van der Waals surface area contributed by atoms with Crippen LogP contribution < -0.4 is 0 Å². The molecule has 0 amide bonds. The molecule has 6 nitrogen and oxygen atoms in total. The maximum Gasteiger partial charge on any atom is 0.341 e. The van der Waals surface area contributed by atoms with Crippen LogP contribution in [0.3, 0.4) is 0 Å². The molecule has 0 unspecified atom stereocenters. The molecule has 2 heterocycles. The lowest BCUT2D eigenvalue weighted by molar-refractivity contribution is 0.0696. The van der Waals surface area contributed by atoms with Crippen molar-refractivity contribution in [3.05, 3.63) is 30.2 Å². The highest BCUT2D eigenvalue weighted by molar-refractivity contribution is 5.90. The van der Waals surface area contributed by atoms with Crippen LogP contribution in [0.2, 0.25) is 0 Å². The van der Waals surface area contributed by atoms with Gasteiger partial charge in [-0.05, 0) is 18.9 Å². The van der Waals surface area contributed by atoms with Crippen molar-refractivity contribution in [1.29, 1.82) is 0 Å². The molecule has 0 radical (unpaired) electrons. The van der Waals surface area contributed by atoms with Crippen molar-refractivity contribution in [3.63, 3.8) is 0 Å². The Labute approximate surface area is 104 Å². The summed E-state index contributed by atoms with van der Waals surface area (Å²) in [5, 5.41) is 17.6. The molecule has 1 aliphatic carbocycles. The fourth-order valence-electron chi connectivity index (χ4n) is 2.55. The molecule has 0 atom stereocenters. The zero-order valence-corrected chi connectivity index (χ0v) is 9.86. The van der Waals surface area contributed by atoms with Gasteiger partial charge >= 0.3 is 5.97 Å². The summed E-state index contributed by atoms with van der Waals surface area (Å²) >= 11 is 0. The predicted octanol–water partition coefficient (Wildman–Crippen LogP) is 1.88. The highest BCUT2D eigenvalue weighted by Crippen LogP contribution is 2.31. The van der Waals surface area contributed by atoms with Crippen LogP contribution in [0.15, 0.2) is 24.7 Å². The van der Waals surface area contributed by atoms with E-state index < -0.39 is 5.97 Å². The van der Waals surface area contributed by atoms with Gasteiger partial charge in [-0.1, -0.05) is 12.8 Å². The highest BCUT2D eigenvalue weighted by atomic mass is 16.4. The van der Waals surface area contributed by atoms with Crippen LogP contribution in [0.1, 0.15) is 42.1 Å². The summed E-state index contributed by atoms with van der Waals surface area (Å²) in [6.07, 6.45) is 9.24. The summed E-state index contributed by atoms with van der Waals surface area (Å²) in [4.78, 5) is 11.3. The quantitative estimate of drug-likeness (QED) is 0.897. The van der Waals surface area contributed by atoms with E-state index in [-0.39, 0.29) is 11.6 Å². The second-order valence-electron chi connectivity index (χ2n) is 4.52. The second-order valence-corrected chi connectivity index (χ2v) is 4.52. The summed E-state index contributed by atoms with van der Waals surface area (Å²) in [5.41, 5.74) is 0.200. The monoisotopic (exact) mass is 246 g/mol. The number of hydrogen-bond acceptors (Lipinski definition) is 3. The van der Waals surface area contributed by atoms with Gasteiger partial charge in [0.1, 0.15) is 5.56 Å². The number of carboxylic acid groups (broad SMARTS) is 1. The Balaban J connectivity index is 2.11. The van der Waals surface area contributed by atoms with Gasteiger partial charge in [0.15, 0.2) is 5.82 Å². The zero-order valence-electron chi connectivity index (χ0n) is 9.86. The first-order valence-electron chi connectivity index (χ1n) is 6.08. The van der Waals surface area contributed by atoms with Crippen LogP contribution in [0.25, 0.3) is 5.82 Å². The van der Waals surface area contributed by atoms with Crippen LogP contribution in [0, 0.1) is 0 Å². The minimum atomic E-state index is -0.968. The fourth-order valence-corrected chi connectivity index (χ4v) is 2.55. The molecule has 94 valence electrons. The summed E-state index contributed by atoms with van der Waals surface area (Å²) in [5.74, 6) is -0.413. The van der Waals surface area contributed by atoms with Gasteiger partial charge in [-0.3, -0.25) is 0 Å². The van der Waals surface area contributed by atoms with Gasteiger partial charge in [0.05, 0.1) is 12.2 Å². The molecule has 0 saturated heterocycles. The Hall–Kier alpha value is -2.11. The number of aromatic nitrogens is 4. The molecule has 0 aromatic carbocycles. The number of nitrogens with zero attached hydrogens (tertiary/aromatic N) is 4. The van der Waals surface area contributed by atoms with E-state index in [1.165, 1.54) is 19.0 Å². The molecular formula is C12H14N4O2. The Bertz CT molecular complexity index is 553. The van der Waals surface area contributed by atoms with Crippen molar-refractivity contribution in [1.82, 2.24) is 19.6 Å². The van der Waals surface area contributed by atoms with Crippen molar-refractivity contribution < 1.29 is 9.90 Å². The highest BCUT2D eigenvalue weighted by Gasteiger charge is 2.25. The lowest BCUT2D eigenvalue weighted by Gasteiger charge is -2.14. The third-order valence-corrected chi connectivity index (χ3v) is 3.39. The number of aromatic carboxylic acids is 1. The van der Waals surface area contributed by atoms with Crippen molar-refractivity contribution in [2.45, 2.75) is 31.7 Å². The van der Waals surface area contributed by atoms with Crippen molar-refractivity contribution in [2.24, 2.45) is 0 Å². The Kier molecular flexibility index (Phi) is 2.62. The van der Waals surface area contributed by atoms with Gasteiger partial charge in [0.2, 0.25) is 0 Å². The summed E-state index contributed by atoms with van der Waals surface area (Å²) in [7, 11) is 0. The normalized spacial score (nSPS) is 16.2. The maximum absolute atomic E-state index is 11.3. The molecule has 0 aliphatic heterocycles. The Morgan fingerprint density at radius 1 is 1.33 bits per heavy atom. The minimum Gasteiger partial charge on any atom is -0.477 e. The molecule has 6 heteroatoms. The molecule has 1 N–H and O–H groups in total. The van der Waals surface area contributed by atoms with Gasteiger partial charge < -0.3 is 5.11 Å². The fraction of sp³-hybridized carbons (Fsp3) is 0.417. The van der Waals surface area contributed by atoms with E-state index >= 15 is 0 Å².